The molecule has 2 aromatic rings. The number of carboxylic acids is 1. The Morgan fingerprint density at radius 3 is 2.73 bits per heavy atom. The lowest BCUT2D eigenvalue weighted by molar-refractivity contribution is -0.138. The second-order valence-corrected chi connectivity index (χ2v) is 5.63. The summed E-state index contributed by atoms with van der Waals surface area (Å²) in [6, 6.07) is 5.03. The van der Waals surface area contributed by atoms with Crippen LogP contribution in [0, 0.1) is 0 Å². The summed E-state index contributed by atoms with van der Waals surface area (Å²) in [7, 11) is 0. The lowest BCUT2D eigenvalue weighted by atomic mass is 10.0. The minimum Gasteiger partial charge on any atom is -0.480 e. The largest absolute Gasteiger partial charge is 0.480 e. The van der Waals surface area contributed by atoms with Crippen molar-refractivity contribution in [3.63, 3.8) is 0 Å². The highest BCUT2D eigenvalue weighted by Crippen LogP contribution is 2.29. The van der Waals surface area contributed by atoms with Crippen molar-refractivity contribution in [2.75, 3.05) is 0 Å². The number of nitrogens with zero attached hydrogens (tertiary/aromatic N) is 3. The average Bonchev–Trinajstić information content (AvgIpc) is 2.99. The molecule has 0 aliphatic carbocycles. The van der Waals surface area contributed by atoms with Crippen molar-refractivity contribution in [3.05, 3.63) is 47.3 Å². The van der Waals surface area contributed by atoms with E-state index in [2.05, 4.69) is 15.6 Å². The van der Waals surface area contributed by atoms with Crippen molar-refractivity contribution in [1.29, 1.82) is 0 Å². The summed E-state index contributed by atoms with van der Waals surface area (Å²) in [6.45, 7) is -0.222. The van der Waals surface area contributed by atoms with E-state index >= 15 is 0 Å². The number of aromatic nitrogens is 3. The minimum absolute atomic E-state index is 0.0992. The van der Waals surface area contributed by atoms with Crippen LogP contribution in [0.25, 0.3) is 0 Å². The first-order valence-corrected chi connectivity index (χ1v) is 7.77. The van der Waals surface area contributed by atoms with E-state index in [1.165, 1.54) is 12.3 Å². The van der Waals surface area contributed by atoms with Gasteiger partial charge >= 0.3 is 12.1 Å². The number of rotatable bonds is 8. The standard InChI is InChI=1S/C16H17F3N4O3/c17-16(18,19)12-5-1-3-11(7-12)4-2-6-14(24)20-8-13-9-23(22-21-13)10-15(25)26/h1,3,5,7,9H,2,4,6,8,10H2,(H,20,24)(H,25,26). The molecule has 0 aliphatic heterocycles. The van der Waals surface area contributed by atoms with Gasteiger partial charge in [0.05, 0.1) is 18.3 Å². The molecule has 2 rings (SSSR count). The third-order valence-corrected chi connectivity index (χ3v) is 3.47. The molecule has 0 radical (unpaired) electrons. The van der Waals surface area contributed by atoms with Gasteiger partial charge in [-0.25, -0.2) is 4.68 Å². The van der Waals surface area contributed by atoms with Crippen molar-refractivity contribution < 1.29 is 27.9 Å². The fourth-order valence-electron chi connectivity index (χ4n) is 2.27. The van der Waals surface area contributed by atoms with Crippen molar-refractivity contribution in [2.45, 2.75) is 38.5 Å². The second kappa shape index (κ2) is 8.45. The highest BCUT2D eigenvalue weighted by atomic mass is 19.4. The first-order chi connectivity index (χ1) is 12.2. The van der Waals surface area contributed by atoms with Gasteiger partial charge in [0.1, 0.15) is 12.2 Å². The van der Waals surface area contributed by atoms with Crippen LogP contribution >= 0.6 is 0 Å². The van der Waals surface area contributed by atoms with Gasteiger partial charge in [0.15, 0.2) is 0 Å². The Labute approximate surface area is 146 Å². The van der Waals surface area contributed by atoms with Gasteiger partial charge in [0.2, 0.25) is 5.91 Å². The zero-order chi connectivity index (χ0) is 19.2. The smallest absolute Gasteiger partial charge is 0.416 e. The van der Waals surface area contributed by atoms with Gasteiger partial charge in [0, 0.05) is 6.42 Å². The van der Waals surface area contributed by atoms with Gasteiger partial charge in [-0.05, 0) is 24.5 Å². The molecule has 0 saturated carbocycles. The van der Waals surface area contributed by atoms with Crippen molar-refractivity contribution in [2.24, 2.45) is 0 Å². The van der Waals surface area contributed by atoms with E-state index in [1.807, 2.05) is 0 Å². The molecule has 1 aromatic heterocycles. The fourth-order valence-corrected chi connectivity index (χ4v) is 2.27. The normalized spacial score (nSPS) is 11.3. The molecule has 140 valence electrons. The number of aliphatic carboxylic acids is 1. The van der Waals surface area contributed by atoms with Crippen LogP contribution in [0.3, 0.4) is 0 Å². The van der Waals surface area contributed by atoms with Gasteiger partial charge in [0.25, 0.3) is 0 Å². The maximum Gasteiger partial charge on any atom is 0.416 e. The van der Waals surface area contributed by atoms with E-state index in [9.17, 15) is 22.8 Å². The Morgan fingerprint density at radius 1 is 1.27 bits per heavy atom. The molecule has 1 heterocycles. The van der Waals surface area contributed by atoms with E-state index in [-0.39, 0.29) is 25.4 Å². The number of alkyl halides is 3. The molecule has 7 nitrogen and oxygen atoms in total. The molecule has 1 aromatic carbocycles. The topological polar surface area (TPSA) is 97.1 Å². The van der Waals surface area contributed by atoms with Crippen LogP contribution < -0.4 is 5.32 Å². The van der Waals surface area contributed by atoms with Crippen LogP contribution in [-0.4, -0.2) is 32.0 Å². The predicted molar refractivity (Wildman–Crippen MR) is 83.9 cm³/mol. The molecule has 10 heteroatoms. The quantitative estimate of drug-likeness (QED) is 0.741. The minimum atomic E-state index is -4.38. The summed E-state index contributed by atoms with van der Waals surface area (Å²) in [4.78, 5) is 22.3. The third kappa shape index (κ3) is 6.19. The second-order valence-electron chi connectivity index (χ2n) is 5.63. The fraction of sp³-hybridized carbons (Fsp3) is 0.375. The molecule has 0 unspecified atom stereocenters. The van der Waals surface area contributed by atoms with E-state index < -0.39 is 17.7 Å². The van der Waals surface area contributed by atoms with Crippen molar-refractivity contribution in [1.82, 2.24) is 20.3 Å². The van der Waals surface area contributed by atoms with E-state index in [1.54, 1.807) is 6.07 Å². The number of amides is 1. The Hall–Kier alpha value is -2.91. The van der Waals surface area contributed by atoms with Crippen LogP contribution in [0.1, 0.15) is 29.7 Å². The summed E-state index contributed by atoms with van der Waals surface area (Å²) < 4.78 is 39.1. The van der Waals surface area contributed by atoms with Crippen LogP contribution in [-0.2, 0) is 35.3 Å². The number of aryl methyl sites for hydroxylation is 1. The van der Waals surface area contributed by atoms with Crippen LogP contribution in [0.4, 0.5) is 13.2 Å². The number of halogens is 3. The van der Waals surface area contributed by atoms with Gasteiger partial charge in [-0.15, -0.1) is 5.10 Å². The van der Waals surface area contributed by atoms with Gasteiger partial charge in [-0.1, -0.05) is 23.4 Å². The number of hydrogen-bond donors (Lipinski definition) is 2. The van der Waals surface area contributed by atoms with E-state index in [0.29, 0.717) is 24.1 Å². The molecule has 1 amide bonds. The monoisotopic (exact) mass is 370 g/mol. The molecular weight excluding hydrogens is 353 g/mol. The maximum absolute atomic E-state index is 12.6. The van der Waals surface area contributed by atoms with Gasteiger partial charge < -0.3 is 10.4 Å². The van der Waals surface area contributed by atoms with Gasteiger partial charge in [-0.2, -0.15) is 13.2 Å². The zero-order valence-corrected chi connectivity index (χ0v) is 13.7. The Morgan fingerprint density at radius 2 is 2.04 bits per heavy atom. The van der Waals surface area contributed by atoms with Crippen LogP contribution in [0.15, 0.2) is 30.5 Å². The SMILES string of the molecule is O=C(O)Cn1cc(CNC(=O)CCCc2cccc(C(F)(F)F)c2)nn1. The number of carboxylic acid groups (broad SMARTS) is 1. The molecule has 0 aliphatic rings. The maximum atomic E-state index is 12.6. The third-order valence-electron chi connectivity index (χ3n) is 3.47. The predicted octanol–water partition coefficient (Wildman–Crippen LogP) is 2.02. The Kier molecular flexibility index (Phi) is 6.31. The van der Waals surface area contributed by atoms with Crippen molar-refractivity contribution >= 4 is 11.9 Å². The first-order valence-electron chi connectivity index (χ1n) is 7.77. The number of carbonyl (C=O) groups excluding carboxylic acids is 1. The zero-order valence-electron chi connectivity index (χ0n) is 13.7. The highest BCUT2D eigenvalue weighted by Gasteiger charge is 2.30. The summed E-state index contributed by atoms with van der Waals surface area (Å²) in [5.41, 5.74) is 0.227. The Bertz CT molecular complexity index is 774. The van der Waals surface area contributed by atoms with Crippen LogP contribution in [0.5, 0.6) is 0 Å². The Balaban J connectivity index is 1.74. The molecule has 0 saturated heterocycles. The molecule has 0 bridgehead atoms. The van der Waals surface area contributed by atoms with Crippen molar-refractivity contribution in [3.8, 4) is 0 Å². The molecule has 0 atom stereocenters. The molecular formula is C16H17F3N4O3. The molecule has 0 fully saturated rings. The molecule has 26 heavy (non-hydrogen) atoms. The van der Waals surface area contributed by atoms with Crippen LogP contribution in [0.2, 0.25) is 0 Å². The number of hydrogen-bond acceptors (Lipinski definition) is 4. The lowest BCUT2D eigenvalue weighted by Crippen LogP contribution is -2.22. The lowest BCUT2D eigenvalue weighted by Gasteiger charge is -2.08. The van der Waals surface area contributed by atoms with E-state index in [0.717, 1.165) is 16.8 Å². The number of nitrogens with one attached hydrogen (secondary N) is 1. The highest BCUT2D eigenvalue weighted by molar-refractivity contribution is 5.75. The summed E-state index contributed by atoms with van der Waals surface area (Å²) in [5.74, 6) is -1.33. The summed E-state index contributed by atoms with van der Waals surface area (Å²) >= 11 is 0. The first kappa shape index (κ1) is 19.4. The van der Waals surface area contributed by atoms with Gasteiger partial charge in [-0.3, -0.25) is 9.59 Å². The number of carbonyl (C=O) groups is 2. The number of benzene rings is 1. The summed E-state index contributed by atoms with van der Waals surface area (Å²) in [6.07, 6.45) is -2.06. The summed E-state index contributed by atoms with van der Waals surface area (Å²) in [5, 5.41) is 18.6. The average molecular weight is 370 g/mol. The molecule has 2 N–H and O–H groups in total. The molecule has 0 spiro atoms. The van der Waals surface area contributed by atoms with E-state index in [4.69, 9.17) is 5.11 Å².